The number of hydrogen-bond acceptors (Lipinski definition) is 2. The fourth-order valence-electron chi connectivity index (χ4n) is 2.18. The van der Waals surface area contributed by atoms with Gasteiger partial charge in [0.25, 0.3) is 0 Å². The summed E-state index contributed by atoms with van der Waals surface area (Å²) in [5.41, 5.74) is 2.22. The summed E-state index contributed by atoms with van der Waals surface area (Å²) in [4.78, 5) is 0.230. The Labute approximate surface area is 120 Å². The second-order valence-electron chi connectivity index (χ2n) is 4.60. The summed E-state index contributed by atoms with van der Waals surface area (Å²) in [7, 11) is 0. The van der Waals surface area contributed by atoms with Crippen LogP contribution < -0.4 is 0 Å². The summed E-state index contributed by atoms with van der Waals surface area (Å²) in [6.45, 7) is 2.79. The third-order valence-corrected chi connectivity index (χ3v) is 3.65. The molecule has 0 radical (unpaired) electrons. The van der Waals surface area contributed by atoms with Crippen molar-refractivity contribution in [2.75, 3.05) is 0 Å². The van der Waals surface area contributed by atoms with Crippen LogP contribution >= 0.6 is 15.9 Å². The van der Waals surface area contributed by atoms with Crippen LogP contribution in [-0.2, 0) is 6.54 Å². The number of alkyl halides is 1. The van der Waals surface area contributed by atoms with Crippen molar-refractivity contribution >= 4 is 26.7 Å². The Morgan fingerprint density at radius 1 is 1.16 bits per heavy atom. The smallest absolute Gasteiger partial charge is 0.0960 e. The number of benzene rings is 2. The van der Waals surface area contributed by atoms with Gasteiger partial charge in [-0.1, -0.05) is 63.6 Å². The van der Waals surface area contributed by atoms with E-state index in [1.807, 2.05) is 17.8 Å². The first kappa shape index (κ1) is 12.4. The highest BCUT2D eigenvalue weighted by Crippen LogP contribution is 2.21. The van der Waals surface area contributed by atoms with E-state index in [0.717, 1.165) is 12.2 Å². The van der Waals surface area contributed by atoms with Crippen molar-refractivity contribution in [3.05, 3.63) is 59.9 Å². The Morgan fingerprint density at radius 2 is 1.95 bits per heavy atom. The number of hydrogen-bond donors (Lipinski definition) is 0. The molecule has 0 bridgehead atoms. The predicted octanol–water partition coefficient (Wildman–Crippen LogP) is 3.94. The highest BCUT2D eigenvalue weighted by molar-refractivity contribution is 9.09. The van der Waals surface area contributed by atoms with Crippen LogP contribution in [0.15, 0.2) is 48.7 Å². The number of rotatable bonds is 3. The third kappa shape index (κ3) is 2.54. The average Bonchev–Trinajstić information content (AvgIpc) is 2.88. The molecule has 1 heterocycles. The SMILES string of the molecule is CC(Br)c1cn(Cc2cccc3ccccc23)nn1. The lowest BCUT2D eigenvalue weighted by atomic mass is 10.0. The molecule has 0 aliphatic rings. The molecule has 0 N–H and O–H groups in total. The molecule has 1 unspecified atom stereocenters. The van der Waals surface area contributed by atoms with Crippen molar-refractivity contribution in [1.82, 2.24) is 15.0 Å². The predicted molar refractivity (Wildman–Crippen MR) is 80.4 cm³/mol. The van der Waals surface area contributed by atoms with E-state index < -0.39 is 0 Å². The van der Waals surface area contributed by atoms with Crippen LogP contribution in [0.3, 0.4) is 0 Å². The maximum absolute atomic E-state index is 4.18. The fraction of sp³-hybridized carbons (Fsp3) is 0.200. The zero-order chi connectivity index (χ0) is 13.2. The molecule has 0 aliphatic heterocycles. The third-order valence-electron chi connectivity index (χ3n) is 3.18. The Hall–Kier alpha value is -1.68. The molecule has 3 rings (SSSR count). The second kappa shape index (κ2) is 5.13. The van der Waals surface area contributed by atoms with Crippen molar-refractivity contribution in [2.24, 2.45) is 0 Å². The zero-order valence-electron chi connectivity index (χ0n) is 10.6. The van der Waals surface area contributed by atoms with Crippen molar-refractivity contribution < 1.29 is 0 Å². The minimum absolute atomic E-state index is 0.230. The maximum Gasteiger partial charge on any atom is 0.0960 e. The Kier molecular flexibility index (Phi) is 3.34. The van der Waals surface area contributed by atoms with Crippen molar-refractivity contribution in [3.63, 3.8) is 0 Å². The lowest BCUT2D eigenvalue weighted by Crippen LogP contribution is -2.01. The van der Waals surface area contributed by atoms with Crippen molar-refractivity contribution in [2.45, 2.75) is 18.3 Å². The first-order valence-corrected chi connectivity index (χ1v) is 7.16. The van der Waals surface area contributed by atoms with E-state index in [2.05, 4.69) is 68.7 Å². The molecule has 2 aromatic carbocycles. The monoisotopic (exact) mass is 315 g/mol. The van der Waals surface area contributed by atoms with Gasteiger partial charge in [-0.3, -0.25) is 0 Å². The van der Waals surface area contributed by atoms with Gasteiger partial charge in [-0.05, 0) is 23.3 Å². The van der Waals surface area contributed by atoms with Gasteiger partial charge in [0.2, 0.25) is 0 Å². The lowest BCUT2D eigenvalue weighted by molar-refractivity contribution is 0.652. The fourth-order valence-corrected chi connectivity index (χ4v) is 2.39. The van der Waals surface area contributed by atoms with E-state index in [4.69, 9.17) is 0 Å². The second-order valence-corrected chi connectivity index (χ2v) is 5.97. The molecule has 3 nitrogen and oxygen atoms in total. The summed E-state index contributed by atoms with van der Waals surface area (Å²) >= 11 is 3.51. The summed E-state index contributed by atoms with van der Waals surface area (Å²) in [6, 6.07) is 14.8. The Balaban J connectivity index is 1.96. The Morgan fingerprint density at radius 3 is 2.74 bits per heavy atom. The minimum atomic E-state index is 0.230. The summed E-state index contributed by atoms with van der Waals surface area (Å²) in [5, 5.41) is 10.9. The van der Waals surface area contributed by atoms with Crippen LogP contribution in [-0.4, -0.2) is 15.0 Å². The van der Waals surface area contributed by atoms with Crippen molar-refractivity contribution in [3.8, 4) is 0 Å². The molecule has 1 atom stereocenters. The van der Waals surface area contributed by atoms with E-state index in [1.165, 1.54) is 16.3 Å². The minimum Gasteiger partial charge on any atom is -0.248 e. The highest BCUT2D eigenvalue weighted by Gasteiger charge is 2.07. The molecule has 0 saturated heterocycles. The van der Waals surface area contributed by atoms with Gasteiger partial charge in [-0.15, -0.1) is 5.10 Å². The summed E-state index contributed by atoms with van der Waals surface area (Å²) < 4.78 is 1.88. The first-order chi connectivity index (χ1) is 9.24. The van der Waals surface area contributed by atoms with Gasteiger partial charge in [-0.25, -0.2) is 4.68 Å². The summed E-state index contributed by atoms with van der Waals surface area (Å²) in [5.74, 6) is 0. The quantitative estimate of drug-likeness (QED) is 0.685. The van der Waals surface area contributed by atoms with Gasteiger partial charge < -0.3 is 0 Å². The molecule has 96 valence electrons. The van der Waals surface area contributed by atoms with Gasteiger partial charge in [0.05, 0.1) is 17.1 Å². The van der Waals surface area contributed by atoms with E-state index in [-0.39, 0.29) is 4.83 Å². The molecule has 1 aromatic heterocycles. The first-order valence-electron chi connectivity index (χ1n) is 6.25. The topological polar surface area (TPSA) is 30.7 Å². The van der Waals surface area contributed by atoms with Gasteiger partial charge in [0.15, 0.2) is 0 Å². The molecule has 19 heavy (non-hydrogen) atoms. The van der Waals surface area contributed by atoms with Crippen LogP contribution in [0.1, 0.15) is 23.0 Å². The van der Waals surface area contributed by atoms with Gasteiger partial charge in [0.1, 0.15) is 0 Å². The molecule has 3 aromatic rings. The van der Waals surface area contributed by atoms with Crippen LogP contribution in [0.4, 0.5) is 0 Å². The molecule has 0 fully saturated rings. The molecule has 4 heteroatoms. The zero-order valence-corrected chi connectivity index (χ0v) is 12.2. The highest BCUT2D eigenvalue weighted by atomic mass is 79.9. The van der Waals surface area contributed by atoms with E-state index in [9.17, 15) is 0 Å². The number of halogens is 1. The molecule has 0 amide bonds. The molecule has 0 aliphatic carbocycles. The number of fused-ring (bicyclic) bond motifs is 1. The normalized spacial score (nSPS) is 12.7. The van der Waals surface area contributed by atoms with Crippen LogP contribution in [0.5, 0.6) is 0 Å². The maximum atomic E-state index is 4.18. The molecule has 0 saturated carbocycles. The average molecular weight is 316 g/mol. The summed E-state index contributed by atoms with van der Waals surface area (Å²) in [6.07, 6.45) is 1.99. The van der Waals surface area contributed by atoms with Gasteiger partial charge in [0, 0.05) is 6.20 Å². The van der Waals surface area contributed by atoms with E-state index in [0.29, 0.717) is 0 Å². The standard InChI is InChI=1S/C15H14BrN3/c1-11(16)15-10-19(18-17-15)9-13-7-4-6-12-5-2-3-8-14(12)13/h2-8,10-11H,9H2,1H3. The van der Waals surface area contributed by atoms with Gasteiger partial charge >= 0.3 is 0 Å². The van der Waals surface area contributed by atoms with E-state index in [1.54, 1.807) is 0 Å². The lowest BCUT2D eigenvalue weighted by Gasteiger charge is -2.06. The Bertz CT molecular complexity index is 698. The van der Waals surface area contributed by atoms with Crippen LogP contribution in [0.25, 0.3) is 10.8 Å². The molecular weight excluding hydrogens is 302 g/mol. The molecular formula is C15H14BrN3. The van der Waals surface area contributed by atoms with Gasteiger partial charge in [-0.2, -0.15) is 0 Å². The van der Waals surface area contributed by atoms with Crippen LogP contribution in [0.2, 0.25) is 0 Å². The van der Waals surface area contributed by atoms with Crippen LogP contribution in [0, 0.1) is 0 Å². The molecule has 0 spiro atoms. The number of nitrogens with zero attached hydrogens (tertiary/aromatic N) is 3. The van der Waals surface area contributed by atoms with Crippen molar-refractivity contribution in [1.29, 1.82) is 0 Å². The largest absolute Gasteiger partial charge is 0.248 e. The number of aromatic nitrogens is 3. The van der Waals surface area contributed by atoms with E-state index >= 15 is 0 Å².